The second-order valence-corrected chi connectivity index (χ2v) is 9.33. The van der Waals surface area contributed by atoms with Gasteiger partial charge in [0.25, 0.3) is 5.56 Å². The maximum atomic E-state index is 13.3. The van der Waals surface area contributed by atoms with Crippen LogP contribution in [0.2, 0.25) is 0 Å². The van der Waals surface area contributed by atoms with Crippen LogP contribution in [-0.4, -0.2) is 38.2 Å². The number of rotatable bonds is 7. The summed E-state index contributed by atoms with van der Waals surface area (Å²) in [6.45, 7) is 8.84. The average molecular weight is 416 g/mol. The van der Waals surface area contributed by atoms with Crippen LogP contribution in [-0.2, 0) is 4.79 Å². The number of hydrogen-bond donors (Lipinski definition) is 0. The third-order valence-corrected chi connectivity index (χ3v) is 7.13. The highest BCUT2D eigenvalue weighted by molar-refractivity contribution is 8.00. The first kappa shape index (κ1) is 21.9. The molecule has 0 aliphatic heterocycles. The molecule has 0 unspecified atom stereocenters. The van der Waals surface area contributed by atoms with E-state index in [9.17, 15) is 9.59 Å². The van der Waals surface area contributed by atoms with Gasteiger partial charge in [0, 0.05) is 18.6 Å². The number of fused-ring (bicyclic) bond motifs is 1. The molecular weight excluding hydrogens is 382 g/mol. The molecule has 1 amide bonds. The fourth-order valence-corrected chi connectivity index (χ4v) is 5.29. The monoisotopic (exact) mass is 415 g/mol. The summed E-state index contributed by atoms with van der Waals surface area (Å²) in [6, 6.07) is 7.85. The van der Waals surface area contributed by atoms with E-state index in [4.69, 9.17) is 4.98 Å². The first-order valence-electron chi connectivity index (χ1n) is 11.0. The lowest BCUT2D eigenvalue weighted by Gasteiger charge is -2.35. The Labute approximate surface area is 177 Å². The van der Waals surface area contributed by atoms with E-state index < -0.39 is 0 Å². The van der Waals surface area contributed by atoms with Crippen molar-refractivity contribution in [3.8, 4) is 0 Å². The van der Waals surface area contributed by atoms with E-state index in [1.165, 1.54) is 31.0 Å². The Morgan fingerprint density at radius 2 is 1.90 bits per heavy atom. The van der Waals surface area contributed by atoms with Crippen LogP contribution >= 0.6 is 11.8 Å². The van der Waals surface area contributed by atoms with E-state index in [0.29, 0.717) is 22.1 Å². The van der Waals surface area contributed by atoms with E-state index in [-0.39, 0.29) is 22.8 Å². The van der Waals surface area contributed by atoms with Crippen molar-refractivity contribution in [2.75, 3.05) is 6.54 Å². The normalized spacial score (nSPS) is 17.2. The summed E-state index contributed by atoms with van der Waals surface area (Å²) in [5, 5.41) is 0.998. The molecule has 1 saturated carbocycles. The lowest BCUT2D eigenvalue weighted by Crippen LogP contribution is -2.44. The SMILES string of the molecule is CC[C@@H](C)n1c(S[C@H](C)C(=O)N(CC)C2CCCCC2)nc2ccccc2c1=O. The second kappa shape index (κ2) is 9.79. The highest BCUT2D eigenvalue weighted by Gasteiger charge is 2.29. The molecule has 158 valence electrons. The van der Waals surface area contributed by atoms with Crippen molar-refractivity contribution < 1.29 is 4.79 Å². The van der Waals surface area contributed by atoms with Gasteiger partial charge >= 0.3 is 0 Å². The van der Waals surface area contributed by atoms with Crippen LogP contribution in [0.4, 0.5) is 0 Å². The van der Waals surface area contributed by atoms with Crippen LogP contribution in [0.25, 0.3) is 10.9 Å². The Morgan fingerprint density at radius 3 is 2.55 bits per heavy atom. The van der Waals surface area contributed by atoms with Crippen molar-refractivity contribution in [2.24, 2.45) is 0 Å². The molecule has 0 spiro atoms. The number of para-hydroxylation sites is 1. The zero-order valence-corrected chi connectivity index (χ0v) is 18.9. The highest BCUT2D eigenvalue weighted by Crippen LogP contribution is 2.29. The van der Waals surface area contributed by atoms with Crippen LogP contribution in [0, 0.1) is 0 Å². The lowest BCUT2D eigenvalue weighted by molar-refractivity contribution is -0.133. The number of aromatic nitrogens is 2. The molecule has 29 heavy (non-hydrogen) atoms. The Morgan fingerprint density at radius 1 is 1.21 bits per heavy atom. The van der Waals surface area contributed by atoms with Crippen molar-refractivity contribution in [1.82, 2.24) is 14.5 Å². The van der Waals surface area contributed by atoms with Crippen molar-refractivity contribution in [2.45, 2.75) is 88.7 Å². The molecule has 1 aliphatic rings. The summed E-state index contributed by atoms with van der Waals surface area (Å²) in [7, 11) is 0. The number of carbonyl (C=O) groups excluding carboxylic acids is 1. The Kier molecular flexibility index (Phi) is 7.38. The molecular formula is C23H33N3O2S. The van der Waals surface area contributed by atoms with E-state index in [1.807, 2.05) is 43.0 Å². The molecule has 1 fully saturated rings. The summed E-state index contributed by atoms with van der Waals surface area (Å²) < 4.78 is 1.77. The van der Waals surface area contributed by atoms with Crippen molar-refractivity contribution in [3.05, 3.63) is 34.6 Å². The first-order chi connectivity index (χ1) is 14.0. The van der Waals surface area contributed by atoms with Crippen molar-refractivity contribution in [3.63, 3.8) is 0 Å². The van der Waals surface area contributed by atoms with Gasteiger partial charge in [-0.2, -0.15) is 0 Å². The zero-order chi connectivity index (χ0) is 21.0. The molecule has 2 aromatic rings. The van der Waals surface area contributed by atoms with E-state index in [2.05, 4.69) is 13.8 Å². The number of carbonyl (C=O) groups is 1. The molecule has 1 aromatic carbocycles. The van der Waals surface area contributed by atoms with Gasteiger partial charge < -0.3 is 4.90 Å². The van der Waals surface area contributed by atoms with Crippen LogP contribution in [0.1, 0.15) is 72.3 Å². The molecule has 5 nitrogen and oxygen atoms in total. The first-order valence-corrected chi connectivity index (χ1v) is 11.8. The van der Waals surface area contributed by atoms with Crippen molar-refractivity contribution in [1.29, 1.82) is 0 Å². The van der Waals surface area contributed by atoms with Gasteiger partial charge in [-0.05, 0) is 52.2 Å². The second-order valence-electron chi connectivity index (χ2n) is 8.02. The summed E-state index contributed by atoms with van der Waals surface area (Å²) >= 11 is 1.42. The molecule has 1 aromatic heterocycles. The molecule has 0 bridgehead atoms. The Balaban J connectivity index is 1.91. The predicted octanol–water partition coefficient (Wildman–Crippen LogP) is 5.03. The van der Waals surface area contributed by atoms with E-state index >= 15 is 0 Å². The Bertz CT molecular complexity index is 905. The van der Waals surface area contributed by atoms with E-state index in [0.717, 1.165) is 25.8 Å². The number of thioether (sulfide) groups is 1. The minimum absolute atomic E-state index is 0.0215. The lowest BCUT2D eigenvalue weighted by atomic mass is 9.94. The highest BCUT2D eigenvalue weighted by atomic mass is 32.2. The number of amides is 1. The molecule has 6 heteroatoms. The number of benzene rings is 1. The van der Waals surface area contributed by atoms with Crippen LogP contribution in [0.5, 0.6) is 0 Å². The predicted molar refractivity (Wildman–Crippen MR) is 121 cm³/mol. The molecule has 1 aliphatic carbocycles. The summed E-state index contributed by atoms with van der Waals surface area (Å²) in [4.78, 5) is 33.2. The fraction of sp³-hybridized carbons (Fsp3) is 0.609. The minimum atomic E-state index is -0.278. The summed E-state index contributed by atoms with van der Waals surface area (Å²) in [6.07, 6.45) is 6.71. The van der Waals surface area contributed by atoms with Gasteiger partial charge in [-0.3, -0.25) is 14.2 Å². The average Bonchev–Trinajstić information content (AvgIpc) is 2.74. The molecule has 0 radical (unpaired) electrons. The zero-order valence-electron chi connectivity index (χ0n) is 18.1. The summed E-state index contributed by atoms with van der Waals surface area (Å²) in [5.74, 6) is 0.155. The maximum Gasteiger partial charge on any atom is 0.262 e. The van der Waals surface area contributed by atoms with Gasteiger partial charge in [0.05, 0.1) is 16.2 Å². The largest absolute Gasteiger partial charge is 0.339 e. The third-order valence-electron chi connectivity index (χ3n) is 6.08. The van der Waals surface area contributed by atoms with Gasteiger partial charge in [-0.15, -0.1) is 0 Å². The standard InChI is InChI=1S/C23H33N3O2S/c1-5-16(3)26-22(28)19-14-10-11-15-20(19)24-23(26)29-17(4)21(27)25(6-2)18-12-8-7-9-13-18/h10-11,14-18H,5-9,12-13H2,1-4H3/t16-,17-/m1/s1. The van der Waals surface area contributed by atoms with Crippen LogP contribution in [0.3, 0.4) is 0 Å². The fourth-order valence-electron chi connectivity index (χ4n) is 4.21. The van der Waals surface area contributed by atoms with Gasteiger partial charge in [0.2, 0.25) is 5.91 Å². The third kappa shape index (κ3) is 4.68. The maximum absolute atomic E-state index is 13.3. The van der Waals surface area contributed by atoms with Gasteiger partial charge in [-0.25, -0.2) is 4.98 Å². The van der Waals surface area contributed by atoms with Gasteiger partial charge in [-0.1, -0.05) is 50.1 Å². The quantitative estimate of drug-likeness (QED) is 0.470. The smallest absolute Gasteiger partial charge is 0.262 e. The summed E-state index contributed by atoms with van der Waals surface area (Å²) in [5.41, 5.74) is 0.672. The molecule has 1 heterocycles. The van der Waals surface area contributed by atoms with Crippen LogP contribution in [0.15, 0.2) is 34.2 Å². The number of nitrogens with zero attached hydrogens (tertiary/aromatic N) is 3. The molecule has 3 rings (SSSR count). The minimum Gasteiger partial charge on any atom is -0.339 e. The van der Waals surface area contributed by atoms with Crippen molar-refractivity contribution >= 4 is 28.6 Å². The van der Waals surface area contributed by atoms with Crippen LogP contribution < -0.4 is 5.56 Å². The topological polar surface area (TPSA) is 55.2 Å². The Hall–Kier alpha value is -1.82. The van der Waals surface area contributed by atoms with Gasteiger partial charge in [0.15, 0.2) is 5.16 Å². The number of hydrogen-bond acceptors (Lipinski definition) is 4. The van der Waals surface area contributed by atoms with Gasteiger partial charge in [0.1, 0.15) is 0 Å². The molecule has 0 N–H and O–H groups in total. The molecule has 0 saturated heterocycles. The molecule has 2 atom stereocenters. The van der Waals surface area contributed by atoms with E-state index in [1.54, 1.807) is 4.57 Å².